The lowest BCUT2D eigenvalue weighted by molar-refractivity contribution is 0.103. The summed E-state index contributed by atoms with van der Waals surface area (Å²) in [6.45, 7) is 0. The lowest BCUT2D eigenvalue weighted by Gasteiger charge is -2.15. The van der Waals surface area contributed by atoms with Crippen molar-refractivity contribution < 1.29 is 30.4 Å². The molecule has 0 bridgehead atoms. The van der Waals surface area contributed by atoms with Crippen molar-refractivity contribution in [1.29, 1.82) is 0 Å². The van der Waals surface area contributed by atoms with Crippen LogP contribution in [0.2, 0.25) is 0 Å². The number of hydrogen-bond donors (Lipinski definition) is 0. The van der Waals surface area contributed by atoms with Crippen LogP contribution in [0.5, 0.6) is 0 Å². The molecule has 0 aliphatic carbocycles. The fourth-order valence-corrected chi connectivity index (χ4v) is 5.08. The molecule has 184 valence electrons. The molecule has 4 aromatic rings. The van der Waals surface area contributed by atoms with E-state index in [4.69, 9.17) is 0 Å². The molecule has 0 amide bonds. The number of ketones is 1. The van der Waals surface area contributed by atoms with Crippen molar-refractivity contribution >= 4 is 25.5 Å². The van der Waals surface area contributed by atoms with Crippen LogP contribution in [0.1, 0.15) is 15.9 Å². The topological polar surface area (TPSA) is 85.3 Å². The van der Waals surface area contributed by atoms with E-state index in [-0.39, 0.29) is 32.0 Å². The molecule has 0 aliphatic rings. The molecule has 0 atom stereocenters. The van der Waals surface area contributed by atoms with Gasteiger partial charge in [0.1, 0.15) is 11.6 Å². The van der Waals surface area contributed by atoms with Gasteiger partial charge in [-0.15, -0.1) is 0 Å². The van der Waals surface area contributed by atoms with Gasteiger partial charge < -0.3 is 0 Å². The zero-order valence-corrected chi connectivity index (χ0v) is 20.8. The normalized spacial score (nSPS) is 11.9. The molecular weight excluding hydrogens is 506 g/mol. The van der Waals surface area contributed by atoms with Gasteiger partial charge in [-0.3, -0.25) is 4.79 Å². The third-order valence-corrected chi connectivity index (χ3v) is 7.86. The van der Waals surface area contributed by atoms with Gasteiger partial charge in [-0.1, -0.05) is 24.3 Å². The van der Waals surface area contributed by atoms with E-state index >= 15 is 0 Å². The van der Waals surface area contributed by atoms with Gasteiger partial charge in [-0.25, -0.2) is 25.6 Å². The van der Waals surface area contributed by atoms with Gasteiger partial charge in [0.05, 0.1) is 9.79 Å². The molecule has 36 heavy (non-hydrogen) atoms. The van der Waals surface area contributed by atoms with Gasteiger partial charge in [0.15, 0.2) is 25.5 Å². The van der Waals surface area contributed by atoms with E-state index in [1.807, 2.05) is 0 Å². The highest BCUT2D eigenvalue weighted by Gasteiger charge is 2.22. The minimum Gasteiger partial charge on any atom is -0.289 e. The molecule has 5 nitrogen and oxygen atoms in total. The molecule has 4 aromatic carbocycles. The number of rotatable bonds is 6. The first-order valence-corrected chi connectivity index (χ1v) is 14.4. The number of sulfone groups is 2. The Kier molecular flexibility index (Phi) is 6.64. The van der Waals surface area contributed by atoms with Crippen LogP contribution in [-0.2, 0) is 19.7 Å². The molecule has 0 saturated heterocycles. The molecule has 0 aliphatic heterocycles. The minimum atomic E-state index is -3.61. The fourth-order valence-electron chi connectivity index (χ4n) is 3.79. The molecule has 0 heterocycles. The Morgan fingerprint density at radius 3 is 1.19 bits per heavy atom. The first-order valence-electron chi connectivity index (χ1n) is 10.6. The average Bonchev–Trinajstić information content (AvgIpc) is 2.83. The van der Waals surface area contributed by atoms with Crippen LogP contribution in [0.4, 0.5) is 8.78 Å². The Hall–Kier alpha value is -3.69. The summed E-state index contributed by atoms with van der Waals surface area (Å²) in [5, 5.41) is 0. The van der Waals surface area contributed by atoms with Crippen molar-refractivity contribution in [3.63, 3.8) is 0 Å². The number of carbonyl (C=O) groups is 1. The van der Waals surface area contributed by atoms with Gasteiger partial charge in [-0.05, 0) is 82.9 Å². The Bertz CT molecular complexity index is 1570. The second kappa shape index (κ2) is 9.40. The monoisotopic (exact) mass is 526 g/mol. The van der Waals surface area contributed by atoms with Gasteiger partial charge in [-0.2, -0.15) is 0 Å². The minimum absolute atomic E-state index is 0.0236. The number of hydrogen-bond acceptors (Lipinski definition) is 5. The van der Waals surface area contributed by atoms with E-state index in [9.17, 15) is 30.4 Å². The standard InChI is InChI=1S/C27H20F2O5S2/c1-35(31,32)21-11-13-23(25(15-21)17-3-7-19(28)8-4-17)27(30)24-14-12-22(36(2,33)34)16-26(24)18-5-9-20(29)10-6-18/h3-16H,1-2H3. The van der Waals surface area contributed by atoms with Crippen molar-refractivity contribution in [2.24, 2.45) is 0 Å². The van der Waals surface area contributed by atoms with Gasteiger partial charge in [0.2, 0.25) is 0 Å². The molecule has 0 unspecified atom stereocenters. The first kappa shape index (κ1) is 25.4. The molecule has 0 saturated carbocycles. The van der Waals surface area contributed by atoms with Gasteiger partial charge >= 0.3 is 0 Å². The zero-order valence-electron chi connectivity index (χ0n) is 19.2. The van der Waals surface area contributed by atoms with E-state index in [1.54, 1.807) is 0 Å². The molecule has 0 radical (unpaired) electrons. The van der Waals surface area contributed by atoms with Crippen LogP contribution >= 0.6 is 0 Å². The summed E-state index contributed by atoms with van der Waals surface area (Å²) in [5.41, 5.74) is 1.62. The van der Waals surface area contributed by atoms with E-state index < -0.39 is 37.1 Å². The molecule has 4 rings (SSSR count). The SMILES string of the molecule is CS(=O)(=O)c1ccc(C(=O)c2ccc(S(C)(=O)=O)cc2-c2ccc(F)cc2)c(-c2ccc(F)cc2)c1. The van der Waals surface area contributed by atoms with E-state index in [0.29, 0.717) is 11.1 Å². The smallest absolute Gasteiger partial charge is 0.194 e. The van der Waals surface area contributed by atoms with Crippen LogP contribution in [-0.4, -0.2) is 35.1 Å². The van der Waals surface area contributed by atoms with Crippen LogP contribution in [0, 0.1) is 11.6 Å². The average molecular weight is 527 g/mol. The molecule has 0 fully saturated rings. The van der Waals surface area contributed by atoms with Crippen LogP contribution in [0.25, 0.3) is 22.3 Å². The summed E-state index contributed by atoms with van der Waals surface area (Å²) in [4.78, 5) is 13.8. The highest BCUT2D eigenvalue weighted by Crippen LogP contribution is 2.33. The Balaban J connectivity index is 1.97. The summed E-state index contributed by atoms with van der Waals surface area (Å²) in [7, 11) is -7.23. The van der Waals surface area contributed by atoms with Crippen molar-refractivity contribution in [3.05, 3.63) is 108 Å². The predicted molar refractivity (Wildman–Crippen MR) is 133 cm³/mol. The van der Waals surface area contributed by atoms with Crippen molar-refractivity contribution in [2.75, 3.05) is 12.5 Å². The third-order valence-electron chi connectivity index (χ3n) is 5.64. The van der Waals surface area contributed by atoms with Crippen molar-refractivity contribution in [1.82, 2.24) is 0 Å². The third kappa shape index (κ3) is 5.27. The molecule has 9 heteroatoms. The lowest BCUT2D eigenvalue weighted by Crippen LogP contribution is -2.09. The molecule has 0 spiro atoms. The molecule has 0 N–H and O–H groups in total. The Labute approximate surface area is 207 Å². The summed E-state index contributed by atoms with van der Waals surface area (Å²) < 4.78 is 75.9. The van der Waals surface area contributed by atoms with Gasteiger partial charge in [0, 0.05) is 23.6 Å². The zero-order chi connectivity index (χ0) is 26.3. The van der Waals surface area contributed by atoms with E-state index in [2.05, 4.69) is 0 Å². The molecular formula is C27H20F2O5S2. The Morgan fingerprint density at radius 2 is 0.889 bits per heavy atom. The maximum Gasteiger partial charge on any atom is 0.194 e. The van der Waals surface area contributed by atoms with Crippen LogP contribution < -0.4 is 0 Å². The summed E-state index contributed by atoms with van der Waals surface area (Å²) in [6, 6.07) is 18.6. The maximum atomic E-state index is 13.8. The highest BCUT2D eigenvalue weighted by atomic mass is 32.2. The number of benzene rings is 4. The van der Waals surface area contributed by atoms with Gasteiger partial charge in [0.25, 0.3) is 0 Å². The summed E-state index contributed by atoms with van der Waals surface area (Å²) in [6.07, 6.45) is 2.07. The fraction of sp³-hybridized carbons (Fsp3) is 0.0741. The largest absolute Gasteiger partial charge is 0.289 e. The van der Waals surface area contributed by atoms with Crippen molar-refractivity contribution in [2.45, 2.75) is 9.79 Å². The quantitative estimate of drug-likeness (QED) is 0.317. The maximum absolute atomic E-state index is 13.8. The molecule has 0 aromatic heterocycles. The number of halogens is 2. The number of carbonyl (C=O) groups excluding carboxylic acids is 1. The summed E-state index contributed by atoms with van der Waals surface area (Å²) in [5.74, 6) is -1.52. The first-order chi connectivity index (χ1) is 16.8. The van der Waals surface area contributed by atoms with Crippen LogP contribution in [0.15, 0.2) is 94.7 Å². The second-order valence-corrected chi connectivity index (χ2v) is 12.3. The summed E-state index contributed by atoms with van der Waals surface area (Å²) >= 11 is 0. The van der Waals surface area contributed by atoms with E-state index in [0.717, 1.165) is 12.5 Å². The predicted octanol–water partition coefficient (Wildman–Crippen LogP) is 5.34. The Morgan fingerprint density at radius 1 is 0.556 bits per heavy atom. The van der Waals surface area contributed by atoms with Crippen LogP contribution in [0.3, 0.4) is 0 Å². The second-order valence-electron chi connectivity index (χ2n) is 8.30. The highest BCUT2D eigenvalue weighted by molar-refractivity contribution is 7.91. The lowest BCUT2D eigenvalue weighted by atomic mass is 9.90. The van der Waals surface area contributed by atoms with Crippen molar-refractivity contribution in [3.8, 4) is 22.3 Å². The van der Waals surface area contributed by atoms with E-state index in [1.165, 1.54) is 84.9 Å².